The third kappa shape index (κ3) is 3.57. The molecule has 0 saturated carbocycles. The van der Waals surface area contributed by atoms with Crippen LogP contribution in [0.1, 0.15) is 5.56 Å². The van der Waals surface area contributed by atoms with Crippen molar-refractivity contribution in [2.45, 2.75) is 6.92 Å². The zero-order chi connectivity index (χ0) is 19.6. The zero-order valence-electron chi connectivity index (χ0n) is 15.2. The molecular formula is C20H19NO6. The first-order chi connectivity index (χ1) is 12.9. The van der Waals surface area contributed by atoms with Gasteiger partial charge in [0.25, 0.3) is 5.91 Å². The molecule has 7 heteroatoms. The fraction of sp³-hybridized carbons (Fsp3) is 0.200. The van der Waals surface area contributed by atoms with E-state index >= 15 is 0 Å². The minimum Gasteiger partial charge on any atom is -0.497 e. The molecule has 0 aliphatic carbocycles. The maximum Gasteiger partial charge on any atom is 0.344 e. The molecule has 0 atom stereocenters. The second-order valence-electron chi connectivity index (χ2n) is 5.87. The summed E-state index contributed by atoms with van der Waals surface area (Å²) in [6.45, 7) is 1.57. The Hall–Kier alpha value is -3.48. The van der Waals surface area contributed by atoms with E-state index in [1.807, 2.05) is 6.92 Å². The van der Waals surface area contributed by atoms with Crippen molar-refractivity contribution < 1.29 is 23.4 Å². The summed E-state index contributed by atoms with van der Waals surface area (Å²) in [5.74, 6) is 0.926. The third-order valence-electron chi connectivity index (χ3n) is 4.20. The van der Waals surface area contributed by atoms with Gasteiger partial charge in [0.05, 0.1) is 19.8 Å². The van der Waals surface area contributed by atoms with E-state index in [0.717, 1.165) is 10.9 Å². The van der Waals surface area contributed by atoms with Crippen molar-refractivity contribution in [1.29, 1.82) is 0 Å². The SMILES string of the molecule is COc1ccc(OC)c(-c2c(C)c3ccc(OCC(N)=O)cc3oc2=O)c1. The first kappa shape index (κ1) is 18.3. The van der Waals surface area contributed by atoms with E-state index in [4.69, 9.17) is 24.4 Å². The number of ether oxygens (including phenoxy) is 3. The van der Waals surface area contributed by atoms with Crippen LogP contribution in [0.5, 0.6) is 17.2 Å². The second-order valence-corrected chi connectivity index (χ2v) is 5.87. The van der Waals surface area contributed by atoms with Crippen molar-refractivity contribution in [3.63, 3.8) is 0 Å². The van der Waals surface area contributed by atoms with Crippen LogP contribution in [0.4, 0.5) is 0 Å². The highest BCUT2D eigenvalue weighted by molar-refractivity contribution is 5.89. The van der Waals surface area contributed by atoms with E-state index in [1.54, 1.807) is 43.5 Å². The standard InChI is InChI=1S/C20H19NO6/c1-11-14-6-4-13(26-10-18(21)22)9-17(14)27-20(23)19(11)15-8-12(24-2)5-7-16(15)25-3/h4-9H,10H2,1-3H3,(H2,21,22). The molecule has 27 heavy (non-hydrogen) atoms. The summed E-state index contributed by atoms with van der Waals surface area (Å²) < 4.78 is 21.4. The number of rotatable bonds is 6. The molecule has 0 radical (unpaired) electrons. The van der Waals surface area contributed by atoms with Gasteiger partial charge in [-0.15, -0.1) is 0 Å². The molecule has 7 nitrogen and oxygen atoms in total. The van der Waals surface area contributed by atoms with Gasteiger partial charge in [-0.3, -0.25) is 4.79 Å². The summed E-state index contributed by atoms with van der Waals surface area (Å²) in [5, 5.41) is 0.737. The molecule has 0 spiro atoms. The number of hydrogen-bond donors (Lipinski definition) is 1. The summed E-state index contributed by atoms with van der Waals surface area (Å²) in [6.07, 6.45) is 0. The average molecular weight is 369 g/mol. The van der Waals surface area contributed by atoms with Crippen LogP contribution in [0.2, 0.25) is 0 Å². The molecule has 0 fully saturated rings. The first-order valence-electron chi connectivity index (χ1n) is 8.15. The fourth-order valence-electron chi connectivity index (χ4n) is 2.90. The summed E-state index contributed by atoms with van der Waals surface area (Å²) in [4.78, 5) is 23.6. The van der Waals surface area contributed by atoms with Crippen molar-refractivity contribution in [2.75, 3.05) is 20.8 Å². The Balaban J connectivity index is 2.17. The fourth-order valence-corrected chi connectivity index (χ4v) is 2.90. The van der Waals surface area contributed by atoms with Crippen LogP contribution in [0.25, 0.3) is 22.1 Å². The normalized spacial score (nSPS) is 10.6. The van der Waals surface area contributed by atoms with Gasteiger partial charge in [-0.2, -0.15) is 0 Å². The molecule has 1 heterocycles. The lowest BCUT2D eigenvalue weighted by Gasteiger charge is -2.13. The number of carbonyl (C=O) groups is 1. The number of hydrogen-bond acceptors (Lipinski definition) is 6. The molecule has 0 aliphatic heterocycles. The topological polar surface area (TPSA) is 101 Å². The Bertz CT molecular complexity index is 1070. The van der Waals surface area contributed by atoms with Crippen molar-refractivity contribution in [2.24, 2.45) is 5.73 Å². The van der Waals surface area contributed by atoms with E-state index < -0.39 is 11.5 Å². The molecule has 0 unspecified atom stereocenters. The van der Waals surface area contributed by atoms with Crippen molar-refractivity contribution in [3.8, 4) is 28.4 Å². The molecule has 0 saturated heterocycles. The summed E-state index contributed by atoms with van der Waals surface area (Å²) >= 11 is 0. The van der Waals surface area contributed by atoms with E-state index in [2.05, 4.69) is 0 Å². The van der Waals surface area contributed by atoms with E-state index in [-0.39, 0.29) is 6.61 Å². The van der Waals surface area contributed by atoms with E-state index in [0.29, 0.717) is 34.0 Å². The van der Waals surface area contributed by atoms with Gasteiger partial charge in [-0.1, -0.05) is 0 Å². The lowest BCUT2D eigenvalue weighted by molar-refractivity contribution is -0.119. The highest BCUT2D eigenvalue weighted by atomic mass is 16.5. The predicted octanol–water partition coefficient (Wildman–Crippen LogP) is 2.65. The summed E-state index contributed by atoms with van der Waals surface area (Å²) in [7, 11) is 3.08. The van der Waals surface area contributed by atoms with Crippen LogP contribution in [0.15, 0.2) is 45.6 Å². The number of carbonyl (C=O) groups excluding carboxylic acids is 1. The van der Waals surface area contributed by atoms with Gasteiger partial charge < -0.3 is 24.4 Å². The molecule has 0 bridgehead atoms. The van der Waals surface area contributed by atoms with Crippen LogP contribution >= 0.6 is 0 Å². The van der Waals surface area contributed by atoms with E-state index in [1.165, 1.54) is 7.11 Å². The molecular weight excluding hydrogens is 350 g/mol. The van der Waals surface area contributed by atoms with Crippen molar-refractivity contribution >= 4 is 16.9 Å². The average Bonchev–Trinajstić information content (AvgIpc) is 2.66. The summed E-state index contributed by atoms with van der Waals surface area (Å²) in [6, 6.07) is 10.2. The van der Waals surface area contributed by atoms with Crippen molar-refractivity contribution in [3.05, 3.63) is 52.4 Å². The highest BCUT2D eigenvalue weighted by Gasteiger charge is 2.18. The smallest absolute Gasteiger partial charge is 0.344 e. The lowest BCUT2D eigenvalue weighted by atomic mass is 9.98. The lowest BCUT2D eigenvalue weighted by Crippen LogP contribution is -2.20. The van der Waals surface area contributed by atoms with Crippen LogP contribution in [-0.4, -0.2) is 26.7 Å². The van der Waals surface area contributed by atoms with Gasteiger partial charge in [0, 0.05) is 17.0 Å². The van der Waals surface area contributed by atoms with Crippen molar-refractivity contribution in [1.82, 2.24) is 0 Å². The Morgan fingerprint density at radius 3 is 2.48 bits per heavy atom. The molecule has 2 aromatic carbocycles. The van der Waals surface area contributed by atoms with Crippen LogP contribution < -0.4 is 25.6 Å². The van der Waals surface area contributed by atoms with Crippen LogP contribution in [-0.2, 0) is 4.79 Å². The van der Waals surface area contributed by atoms with Gasteiger partial charge in [0.1, 0.15) is 22.8 Å². The van der Waals surface area contributed by atoms with Crippen LogP contribution in [0, 0.1) is 6.92 Å². The monoisotopic (exact) mass is 369 g/mol. The molecule has 3 aromatic rings. The zero-order valence-corrected chi connectivity index (χ0v) is 15.2. The molecule has 3 rings (SSSR count). The highest BCUT2D eigenvalue weighted by Crippen LogP contribution is 2.36. The molecule has 1 aromatic heterocycles. The molecule has 140 valence electrons. The number of fused-ring (bicyclic) bond motifs is 1. The molecule has 0 aliphatic rings. The van der Waals surface area contributed by atoms with Gasteiger partial charge >= 0.3 is 5.63 Å². The number of aryl methyl sites for hydroxylation is 1. The van der Waals surface area contributed by atoms with Gasteiger partial charge in [-0.05, 0) is 42.8 Å². The molecule has 2 N–H and O–H groups in total. The summed E-state index contributed by atoms with van der Waals surface area (Å²) in [5.41, 5.74) is 6.62. The van der Waals surface area contributed by atoms with Gasteiger partial charge in [-0.25, -0.2) is 4.79 Å². The Labute approximate surface area is 155 Å². The Morgan fingerprint density at radius 2 is 1.81 bits per heavy atom. The Morgan fingerprint density at radius 1 is 1.07 bits per heavy atom. The van der Waals surface area contributed by atoms with Gasteiger partial charge in [0.15, 0.2) is 6.61 Å². The second kappa shape index (κ2) is 7.41. The Kier molecular flexibility index (Phi) is 5.03. The maximum absolute atomic E-state index is 12.7. The van der Waals surface area contributed by atoms with Gasteiger partial charge in [0.2, 0.25) is 0 Å². The molecule has 1 amide bonds. The number of amides is 1. The first-order valence-corrected chi connectivity index (χ1v) is 8.15. The number of primary amides is 1. The van der Waals surface area contributed by atoms with E-state index in [9.17, 15) is 9.59 Å². The quantitative estimate of drug-likeness (QED) is 0.671. The third-order valence-corrected chi connectivity index (χ3v) is 4.20. The number of methoxy groups -OCH3 is 2. The predicted molar refractivity (Wildman–Crippen MR) is 100 cm³/mol. The largest absolute Gasteiger partial charge is 0.497 e. The maximum atomic E-state index is 12.7. The minimum atomic E-state index is -0.590. The number of benzene rings is 2. The van der Waals surface area contributed by atoms with Crippen LogP contribution in [0.3, 0.4) is 0 Å². The minimum absolute atomic E-state index is 0.256. The number of nitrogens with two attached hydrogens (primary N) is 1.